The maximum atomic E-state index is 14.1. The van der Waals surface area contributed by atoms with E-state index in [0.29, 0.717) is 5.56 Å². The minimum absolute atomic E-state index is 0.0239. The molecule has 1 atom stereocenters. The first kappa shape index (κ1) is 17.9. The number of alkyl halides is 2. The van der Waals surface area contributed by atoms with Crippen LogP contribution in [0.25, 0.3) is 0 Å². The second kappa shape index (κ2) is 7.00. The van der Waals surface area contributed by atoms with Gasteiger partial charge in [0.1, 0.15) is 5.82 Å². The molecule has 0 aliphatic heterocycles. The van der Waals surface area contributed by atoms with E-state index >= 15 is 0 Å². The molecule has 1 amide bonds. The normalized spacial score (nSPS) is 13.6. The SMILES string of the molecule is CC(=O)N[C@](c1ccc(F)c(C)c1)(c1ccc(CO)cn1)C(F)F. The maximum Gasteiger partial charge on any atom is 0.271 e. The van der Waals surface area contributed by atoms with Crippen molar-refractivity contribution in [3.8, 4) is 0 Å². The standard InChI is InChI=1S/C17H17F3N2O2/c1-10-7-13(4-5-14(10)18)17(16(19)20,22-11(2)24)15-6-3-12(9-23)8-21-15/h3-8,16,23H,9H2,1-2H3,(H,22,24)/t17-/m1/s1. The van der Waals surface area contributed by atoms with Crippen molar-refractivity contribution in [3.05, 3.63) is 64.7 Å². The average Bonchev–Trinajstić information content (AvgIpc) is 2.55. The maximum absolute atomic E-state index is 14.1. The van der Waals surface area contributed by atoms with E-state index in [-0.39, 0.29) is 23.4 Å². The largest absolute Gasteiger partial charge is 0.392 e. The third-order valence-electron chi connectivity index (χ3n) is 3.73. The molecule has 0 bridgehead atoms. The molecule has 0 saturated heterocycles. The number of hydrogen-bond donors (Lipinski definition) is 2. The number of aromatic nitrogens is 1. The molecule has 2 aromatic rings. The third-order valence-corrected chi connectivity index (χ3v) is 3.73. The Morgan fingerprint density at radius 3 is 2.50 bits per heavy atom. The molecule has 2 rings (SSSR count). The van der Waals surface area contributed by atoms with Gasteiger partial charge in [-0.25, -0.2) is 13.2 Å². The highest BCUT2D eigenvalue weighted by atomic mass is 19.3. The number of benzene rings is 1. The number of carbonyl (C=O) groups excluding carboxylic acids is 1. The van der Waals surface area contributed by atoms with Crippen LogP contribution in [0.5, 0.6) is 0 Å². The highest BCUT2D eigenvalue weighted by molar-refractivity contribution is 5.75. The number of pyridine rings is 1. The number of amides is 1. The number of aryl methyl sites for hydroxylation is 1. The first-order valence-electron chi connectivity index (χ1n) is 7.21. The van der Waals surface area contributed by atoms with Crippen LogP contribution in [0.15, 0.2) is 36.5 Å². The number of carbonyl (C=O) groups is 1. The summed E-state index contributed by atoms with van der Waals surface area (Å²) in [4.78, 5) is 15.6. The number of aliphatic hydroxyl groups excluding tert-OH is 1. The molecular formula is C17H17F3N2O2. The van der Waals surface area contributed by atoms with E-state index in [4.69, 9.17) is 5.11 Å². The Balaban J connectivity index is 2.70. The predicted octanol–water partition coefficient (Wildman–Crippen LogP) is 2.67. The van der Waals surface area contributed by atoms with Gasteiger partial charge in [-0.2, -0.15) is 0 Å². The first-order chi connectivity index (χ1) is 11.3. The highest BCUT2D eigenvalue weighted by Crippen LogP contribution is 2.35. The van der Waals surface area contributed by atoms with Crippen LogP contribution >= 0.6 is 0 Å². The number of hydrogen-bond acceptors (Lipinski definition) is 3. The van der Waals surface area contributed by atoms with E-state index in [9.17, 15) is 18.0 Å². The summed E-state index contributed by atoms with van der Waals surface area (Å²) in [5, 5.41) is 11.3. The zero-order valence-corrected chi connectivity index (χ0v) is 13.2. The van der Waals surface area contributed by atoms with E-state index in [0.717, 1.165) is 13.0 Å². The molecule has 128 valence electrons. The van der Waals surface area contributed by atoms with Crippen molar-refractivity contribution in [2.75, 3.05) is 0 Å². The number of nitrogens with zero attached hydrogens (tertiary/aromatic N) is 1. The molecule has 1 aromatic carbocycles. The predicted molar refractivity (Wildman–Crippen MR) is 81.9 cm³/mol. The summed E-state index contributed by atoms with van der Waals surface area (Å²) >= 11 is 0. The van der Waals surface area contributed by atoms with Crippen LogP contribution in [-0.2, 0) is 16.9 Å². The van der Waals surface area contributed by atoms with E-state index in [2.05, 4.69) is 10.3 Å². The number of aliphatic hydroxyl groups is 1. The molecule has 0 radical (unpaired) electrons. The van der Waals surface area contributed by atoms with Crippen molar-refractivity contribution in [2.24, 2.45) is 0 Å². The lowest BCUT2D eigenvalue weighted by atomic mass is 9.85. The van der Waals surface area contributed by atoms with Crippen LogP contribution in [0.2, 0.25) is 0 Å². The van der Waals surface area contributed by atoms with Crippen molar-refractivity contribution in [1.29, 1.82) is 0 Å². The Kier molecular flexibility index (Phi) is 5.23. The number of halogens is 3. The first-order valence-corrected chi connectivity index (χ1v) is 7.21. The van der Waals surface area contributed by atoms with Gasteiger partial charge < -0.3 is 10.4 Å². The van der Waals surface area contributed by atoms with E-state index in [1.807, 2.05) is 0 Å². The summed E-state index contributed by atoms with van der Waals surface area (Å²) in [5.74, 6) is -1.21. The summed E-state index contributed by atoms with van der Waals surface area (Å²) in [7, 11) is 0. The van der Waals surface area contributed by atoms with E-state index < -0.39 is 23.7 Å². The van der Waals surface area contributed by atoms with Gasteiger partial charge in [0, 0.05) is 13.1 Å². The van der Waals surface area contributed by atoms with Gasteiger partial charge in [0.15, 0.2) is 5.54 Å². The zero-order valence-electron chi connectivity index (χ0n) is 13.2. The number of nitrogens with one attached hydrogen (secondary N) is 1. The fourth-order valence-corrected chi connectivity index (χ4v) is 2.50. The second-order valence-electron chi connectivity index (χ2n) is 5.46. The van der Waals surface area contributed by atoms with Crippen molar-refractivity contribution in [1.82, 2.24) is 10.3 Å². The summed E-state index contributed by atoms with van der Waals surface area (Å²) in [6.45, 7) is 2.28. The van der Waals surface area contributed by atoms with Crippen molar-refractivity contribution in [2.45, 2.75) is 32.4 Å². The monoisotopic (exact) mass is 338 g/mol. The molecule has 1 aromatic heterocycles. The fourth-order valence-electron chi connectivity index (χ4n) is 2.50. The minimum atomic E-state index is -3.03. The number of rotatable bonds is 5. The van der Waals surface area contributed by atoms with Crippen LogP contribution in [-0.4, -0.2) is 22.4 Å². The Hall–Kier alpha value is -2.41. The van der Waals surface area contributed by atoms with Crippen LogP contribution in [0.1, 0.15) is 29.3 Å². The Bertz CT molecular complexity index is 735. The van der Waals surface area contributed by atoms with E-state index in [1.165, 1.54) is 37.4 Å². The summed E-state index contributed by atoms with van der Waals surface area (Å²) in [6, 6.07) is 6.29. The van der Waals surface area contributed by atoms with Gasteiger partial charge in [-0.3, -0.25) is 9.78 Å². The van der Waals surface area contributed by atoms with Crippen molar-refractivity contribution in [3.63, 3.8) is 0 Å². The molecule has 0 aliphatic rings. The summed E-state index contributed by atoms with van der Waals surface area (Å²) in [6.07, 6.45) is -1.77. The fraction of sp³-hybridized carbons (Fsp3) is 0.294. The smallest absolute Gasteiger partial charge is 0.271 e. The molecule has 0 unspecified atom stereocenters. The van der Waals surface area contributed by atoms with Crippen molar-refractivity contribution >= 4 is 5.91 Å². The zero-order chi connectivity index (χ0) is 17.9. The lowest BCUT2D eigenvalue weighted by Crippen LogP contribution is -2.52. The molecule has 0 aliphatic carbocycles. The van der Waals surface area contributed by atoms with Gasteiger partial charge in [-0.15, -0.1) is 0 Å². The molecular weight excluding hydrogens is 321 g/mol. The summed E-state index contributed by atoms with van der Waals surface area (Å²) < 4.78 is 41.7. The van der Waals surface area contributed by atoms with Crippen molar-refractivity contribution < 1.29 is 23.1 Å². The lowest BCUT2D eigenvalue weighted by Gasteiger charge is -2.34. The van der Waals surface area contributed by atoms with E-state index in [1.54, 1.807) is 0 Å². The molecule has 24 heavy (non-hydrogen) atoms. The average molecular weight is 338 g/mol. The van der Waals surface area contributed by atoms with Gasteiger partial charge >= 0.3 is 0 Å². The molecule has 0 spiro atoms. The summed E-state index contributed by atoms with van der Waals surface area (Å²) in [5.41, 5.74) is -1.67. The molecule has 1 heterocycles. The Morgan fingerprint density at radius 2 is 2.04 bits per heavy atom. The topological polar surface area (TPSA) is 62.2 Å². The van der Waals surface area contributed by atoms with Gasteiger partial charge in [0.2, 0.25) is 5.91 Å². The molecule has 2 N–H and O–H groups in total. The molecule has 0 saturated carbocycles. The Morgan fingerprint density at radius 1 is 1.33 bits per heavy atom. The third kappa shape index (κ3) is 3.26. The highest BCUT2D eigenvalue weighted by Gasteiger charge is 2.46. The van der Waals surface area contributed by atoms with Gasteiger partial charge in [0.25, 0.3) is 6.43 Å². The van der Waals surface area contributed by atoms with Gasteiger partial charge in [0.05, 0.1) is 12.3 Å². The van der Waals surface area contributed by atoms with Crippen LogP contribution in [0.4, 0.5) is 13.2 Å². The van der Waals surface area contributed by atoms with Crippen LogP contribution in [0, 0.1) is 12.7 Å². The molecule has 4 nitrogen and oxygen atoms in total. The minimum Gasteiger partial charge on any atom is -0.392 e. The molecule has 0 fully saturated rings. The quantitative estimate of drug-likeness (QED) is 0.881. The Labute approximate surface area is 137 Å². The lowest BCUT2D eigenvalue weighted by molar-refractivity contribution is -0.122. The second-order valence-corrected chi connectivity index (χ2v) is 5.46. The van der Waals surface area contributed by atoms with Gasteiger partial charge in [-0.05, 0) is 35.7 Å². The van der Waals surface area contributed by atoms with Crippen LogP contribution < -0.4 is 5.32 Å². The molecule has 7 heteroatoms. The van der Waals surface area contributed by atoms with Crippen LogP contribution in [0.3, 0.4) is 0 Å². The van der Waals surface area contributed by atoms with Gasteiger partial charge in [-0.1, -0.05) is 18.2 Å².